The van der Waals surface area contributed by atoms with Gasteiger partial charge in [0.05, 0.1) is 13.7 Å². The van der Waals surface area contributed by atoms with Crippen molar-refractivity contribution in [3.05, 3.63) is 29.6 Å². The van der Waals surface area contributed by atoms with Crippen LogP contribution < -0.4 is 10.1 Å². The Hall–Kier alpha value is -1.66. The van der Waals surface area contributed by atoms with Crippen LogP contribution in [0.1, 0.15) is 44.1 Å². The van der Waals surface area contributed by atoms with Gasteiger partial charge in [0, 0.05) is 43.8 Å². The molecule has 4 aliphatic carbocycles. The Kier molecular flexibility index (Phi) is 5.48. The Morgan fingerprint density at radius 2 is 1.67 bits per heavy atom. The minimum Gasteiger partial charge on any atom is -0.496 e. The Bertz CT molecular complexity index is 755. The van der Waals surface area contributed by atoms with E-state index in [0.29, 0.717) is 13.1 Å². The monoisotopic (exact) mass is 415 g/mol. The van der Waals surface area contributed by atoms with E-state index in [1.54, 1.807) is 19.2 Å². The van der Waals surface area contributed by atoms with Gasteiger partial charge in [0.15, 0.2) is 0 Å². The first-order valence-electron chi connectivity index (χ1n) is 11.6. The molecule has 0 aromatic heterocycles. The fourth-order valence-corrected chi connectivity index (χ4v) is 7.02. The quantitative estimate of drug-likeness (QED) is 0.776. The van der Waals surface area contributed by atoms with E-state index in [0.717, 1.165) is 55.2 Å². The molecule has 0 spiro atoms. The number of amides is 1. The van der Waals surface area contributed by atoms with E-state index in [9.17, 15) is 9.18 Å². The van der Waals surface area contributed by atoms with Crippen LogP contribution in [0.2, 0.25) is 0 Å². The summed E-state index contributed by atoms with van der Waals surface area (Å²) in [5, 5.41) is 3.49. The first-order chi connectivity index (χ1) is 14.5. The lowest BCUT2D eigenvalue weighted by Crippen LogP contribution is -2.61. The summed E-state index contributed by atoms with van der Waals surface area (Å²) in [7, 11) is 1.62. The van der Waals surface area contributed by atoms with Gasteiger partial charge in [-0.2, -0.15) is 0 Å². The smallest absolute Gasteiger partial charge is 0.234 e. The van der Waals surface area contributed by atoms with Gasteiger partial charge >= 0.3 is 0 Å². The molecular weight excluding hydrogens is 381 g/mol. The maximum absolute atomic E-state index is 13.6. The van der Waals surface area contributed by atoms with Crippen molar-refractivity contribution in [2.75, 3.05) is 39.8 Å². The number of ether oxygens (including phenoxy) is 1. The van der Waals surface area contributed by atoms with Crippen LogP contribution >= 0.6 is 0 Å². The molecule has 30 heavy (non-hydrogen) atoms. The van der Waals surface area contributed by atoms with Crippen LogP contribution in [0.5, 0.6) is 5.75 Å². The Morgan fingerprint density at radius 3 is 2.27 bits per heavy atom. The molecule has 6 rings (SSSR count). The first kappa shape index (κ1) is 20.3. The third-order valence-corrected chi connectivity index (χ3v) is 7.91. The number of methoxy groups -OCH3 is 1. The molecule has 1 aliphatic heterocycles. The molecule has 1 saturated heterocycles. The molecule has 5 fully saturated rings. The van der Waals surface area contributed by atoms with Crippen LogP contribution in [0, 0.1) is 23.6 Å². The number of nitrogens with zero attached hydrogens (tertiary/aromatic N) is 2. The summed E-state index contributed by atoms with van der Waals surface area (Å²) in [5.41, 5.74) is 0.979. The molecule has 1 heterocycles. The highest BCUT2D eigenvalue weighted by atomic mass is 19.1. The Morgan fingerprint density at radius 1 is 1.07 bits per heavy atom. The van der Waals surface area contributed by atoms with Crippen molar-refractivity contribution < 1.29 is 13.9 Å². The maximum Gasteiger partial charge on any atom is 0.234 e. The van der Waals surface area contributed by atoms with Gasteiger partial charge in [-0.3, -0.25) is 14.6 Å². The van der Waals surface area contributed by atoms with Gasteiger partial charge in [-0.05, 0) is 74.5 Å². The lowest BCUT2D eigenvalue weighted by Gasteiger charge is -2.57. The van der Waals surface area contributed by atoms with Crippen LogP contribution in [0.15, 0.2) is 18.2 Å². The minimum atomic E-state index is -0.231. The summed E-state index contributed by atoms with van der Waals surface area (Å²) < 4.78 is 19.0. The summed E-state index contributed by atoms with van der Waals surface area (Å²) >= 11 is 0. The van der Waals surface area contributed by atoms with Crippen LogP contribution in [0.25, 0.3) is 0 Å². The number of hydrogen-bond acceptors (Lipinski definition) is 4. The summed E-state index contributed by atoms with van der Waals surface area (Å²) in [6, 6.07) is 4.68. The van der Waals surface area contributed by atoms with Crippen LogP contribution in [0.4, 0.5) is 4.39 Å². The second kappa shape index (κ2) is 8.12. The molecule has 0 radical (unpaired) electrons. The first-order valence-corrected chi connectivity index (χ1v) is 11.6. The van der Waals surface area contributed by atoms with Crippen molar-refractivity contribution in [2.45, 2.75) is 50.6 Å². The molecule has 5 aliphatic rings. The van der Waals surface area contributed by atoms with Crippen molar-refractivity contribution in [1.82, 2.24) is 15.1 Å². The van der Waals surface area contributed by atoms with E-state index in [-0.39, 0.29) is 17.3 Å². The Labute approximate surface area is 178 Å². The highest BCUT2D eigenvalue weighted by Crippen LogP contribution is 2.55. The second-order valence-electron chi connectivity index (χ2n) is 10.3. The maximum atomic E-state index is 13.6. The standard InChI is InChI=1S/C24H34FN3O2/c1-30-22-3-2-21(25)11-20(22)15-27-4-6-28(7-5-27)16-23(29)26-24-12-17-8-18(13-24)10-19(9-17)14-24/h2-3,11,17-19H,4-10,12-16H2,1H3,(H,26,29). The molecule has 1 N–H and O–H groups in total. The topological polar surface area (TPSA) is 44.8 Å². The minimum absolute atomic E-state index is 0.0988. The van der Waals surface area contributed by atoms with Crippen LogP contribution in [0.3, 0.4) is 0 Å². The molecular formula is C24H34FN3O2. The van der Waals surface area contributed by atoms with Crippen molar-refractivity contribution in [2.24, 2.45) is 17.8 Å². The Balaban J connectivity index is 1.11. The van der Waals surface area contributed by atoms with E-state index in [1.807, 2.05) is 0 Å². The van der Waals surface area contributed by atoms with E-state index in [4.69, 9.17) is 4.74 Å². The molecule has 1 aromatic carbocycles. The number of carbonyl (C=O) groups excluding carboxylic acids is 1. The van der Waals surface area contributed by atoms with Crippen LogP contribution in [-0.2, 0) is 11.3 Å². The molecule has 0 unspecified atom stereocenters. The number of hydrogen-bond donors (Lipinski definition) is 1. The molecule has 4 bridgehead atoms. The number of halogens is 1. The summed E-state index contributed by atoms with van der Waals surface area (Å²) in [6.07, 6.45) is 7.80. The summed E-state index contributed by atoms with van der Waals surface area (Å²) in [5.74, 6) is 3.25. The van der Waals surface area contributed by atoms with Gasteiger partial charge < -0.3 is 10.1 Å². The number of carbonyl (C=O) groups is 1. The zero-order chi connectivity index (χ0) is 20.7. The lowest BCUT2D eigenvalue weighted by molar-refractivity contribution is -0.128. The highest BCUT2D eigenvalue weighted by molar-refractivity contribution is 5.79. The zero-order valence-corrected chi connectivity index (χ0v) is 18.0. The predicted molar refractivity (Wildman–Crippen MR) is 114 cm³/mol. The van der Waals surface area contributed by atoms with Gasteiger partial charge in [-0.1, -0.05) is 0 Å². The molecule has 4 saturated carbocycles. The van der Waals surface area contributed by atoms with Crippen molar-refractivity contribution in [3.8, 4) is 5.75 Å². The van der Waals surface area contributed by atoms with Crippen LogP contribution in [-0.4, -0.2) is 61.1 Å². The summed E-state index contributed by atoms with van der Waals surface area (Å²) in [6.45, 7) is 4.67. The third kappa shape index (κ3) is 4.22. The van der Waals surface area contributed by atoms with E-state index < -0.39 is 0 Å². The van der Waals surface area contributed by atoms with Gasteiger partial charge in [0.25, 0.3) is 0 Å². The van der Waals surface area contributed by atoms with Crippen molar-refractivity contribution >= 4 is 5.91 Å². The van der Waals surface area contributed by atoms with Gasteiger partial charge in [-0.25, -0.2) is 4.39 Å². The van der Waals surface area contributed by atoms with E-state index in [1.165, 1.54) is 44.6 Å². The fourth-order valence-electron chi connectivity index (χ4n) is 7.02. The third-order valence-electron chi connectivity index (χ3n) is 7.91. The van der Waals surface area contributed by atoms with Crippen molar-refractivity contribution in [1.29, 1.82) is 0 Å². The summed E-state index contributed by atoms with van der Waals surface area (Å²) in [4.78, 5) is 17.4. The molecule has 0 atom stereocenters. The highest BCUT2D eigenvalue weighted by Gasteiger charge is 2.51. The van der Waals surface area contributed by atoms with Gasteiger partial charge in [0.1, 0.15) is 11.6 Å². The lowest BCUT2D eigenvalue weighted by atomic mass is 9.53. The number of rotatable bonds is 6. The van der Waals surface area contributed by atoms with Gasteiger partial charge in [0.2, 0.25) is 5.91 Å². The molecule has 6 heteroatoms. The zero-order valence-electron chi connectivity index (χ0n) is 18.0. The number of benzene rings is 1. The SMILES string of the molecule is COc1ccc(F)cc1CN1CCN(CC(=O)NC23CC4CC(CC(C4)C2)C3)CC1. The number of nitrogens with one attached hydrogen (secondary N) is 1. The largest absolute Gasteiger partial charge is 0.496 e. The second-order valence-corrected chi connectivity index (χ2v) is 10.3. The normalized spacial score (nSPS) is 33.6. The number of piperazine rings is 1. The molecule has 164 valence electrons. The van der Waals surface area contributed by atoms with Gasteiger partial charge in [-0.15, -0.1) is 0 Å². The average Bonchev–Trinajstić information content (AvgIpc) is 2.68. The van der Waals surface area contributed by atoms with E-state index >= 15 is 0 Å². The average molecular weight is 416 g/mol. The predicted octanol–water partition coefficient (Wildman–Crippen LogP) is 3.04. The fraction of sp³-hybridized carbons (Fsp3) is 0.708. The van der Waals surface area contributed by atoms with Crippen molar-refractivity contribution in [3.63, 3.8) is 0 Å². The molecule has 1 aromatic rings. The molecule has 5 nitrogen and oxygen atoms in total. The van der Waals surface area contributed by atoms with E-state index in [2.05, 4.69) is 15.1 Å². The molecule has 1 amide bonds.